The Kier molecular flexibility index (Phi) is 3.80. The Morgan fingerprint density at radius 2 is 1.90 bits per heavy atom. The molecule has 0 spiro atoms. The molecule has 108 valence electrons. The summed E-state index contributed by atoms with van der Waals surface area (Å²) in [7, 11) is 1.83. The predicted octanol–water partition coefficient (Wildman–Crippen LogP) is 3.61. The van der Waals surface area contributed by atoms with Crippen LogP contribution in [0.4, 0.5) is 0 Å². The molecule has 1 unspecified atom stereocenters. The van der Waals surface area contributed by atoms with Crippen LogP contribution in [0.25, 0.3) is 21.9 Å². The fraction of sp³-hybridized carbons (Fsp3) is 0.235. The van der Waals surface area contributed by atoms with Gasteiger partial charge in [-0.1, -0.05) is 24.3 Å². The van der Waals surface area contributed by atoms with E-state index in [1.54, 1.807) is 0 Å². The van der Waals surface area contributed by atoms with Gasteiger partial charge in [-0.3, -0.25) is 0 Å². The highest BCUT2D eigenvalue weighted by molar-refractivity contribution is 7.80. The van der Waals surface area contributed by atoms with Gasteiger partial charge in [0.1, 0.15) is 11.2 Å². The van der Waals surface area contributed by atoms with Gasteiger partial charge in [-0.25, -0.2) is 0 Å². The fourth-order valence-electron chi connectivity index (χ4n) is 2.60. The Morgan fingerprint density at radius 3 is 2.71 bits per heavy atom. The molecule has 0 aliphatic heterocycles. The van der Waals surface area contributed by atoms with Crippen molar-refractivity contribution in [3.63, 3.8) is 0 Å². The summed E-state index contributed by atoms with van der Waals surface area (Å²) < 4.78 is 5.85. The number of nitrogens with one attached hydrogen (secondary N) is 2. The molecule has 3 nitrogen and oxygen atoms in total. The van der Waals surface area contributed by atoms with Crippen molar-refractivity contribution in [2.45, 2.75) is 19.4 Å². The van der Waals surface area contributed by atoms with Crippen molar-refractivity contribution in [3.8, 4) is 0 Å². The molecule has 1 atom stereocenters. The van der Waals surface area contributed by atoms with Crippen LogP contribution in [0.5, 0.6) is 0 Å². The van der Waals surface area contributed by atoms with Crippen LogP contribution in [0.3, 0.4) is 0 Å². The third kappa shape index (κ3) is 2.85. The second-order valence-corrected chi connectivity index (χ2v) is 5.67. The first kappa shape index (κ1) is 13.9. The number of para-hydroxylation sites is 1. The van der Waals surface area contributed by atoms with Gasteiger partial charge in [-0.05, 0) is 49.3 Å². The highest BCUT2D eigenvalue weighted by atomic mass is 32.1. The van der Waals surface area contributed by atoms with E-state index in [1.165, 1.54) is 16.3 Å². The molecule has 1 heterocycles. The highest BCUT2D eigenvalue weighted by Crippen LogP contribution is 2.29. The molecule has 2 N–H and O–H groups in total. The van der Waals surface area contributed by atoms with E-state index in [0.29, 0.717) is 5.11 Å². The summed E-state index contributed by atoms with van der Waals surface area (Å²) in [5.74, 6) is 0. The lowest BCUT2D eigenvalue weighted by molar-refractivity contribution is 0.653. The molecule has 0 radical (unpaired) electrons. The van der Waals surface area contributed by atoms with Crippen molar-refractivity contribution in [1.82, 2.24) is 10.6 Å². The summed E-state index contributed by atoms with van der Waals surface area (Å²) in [6, 6.07) is 14.8. The quantitative estimate of drug-likeness (QED) is 0.724. The monoisotopic (exact) mass is 298 g/mol. The van der Waals surface area contributed by atoms with Gasteiger partial charge in [-0.2, -0.15) is 0 Å². The molecule has 0 saturated carbocycles. The number of thiocarbonyl (C=S) groups is 1. The molecule has 0 amide bonds. The lowest BCUT2D eigenvalue weighted by Gasteiger charge is -2.15. The lowest BCUT2D eigenvalue weighted by atomic mass is 10.0. The van der Waals surface area contributed by atoms with Crippen LogP contribution in [0.1, 0.15) is 12.5 Å². The normalized spacial score (nSPS) is 12.5. The molecule has 3 aromatic rings. The summed E-state index contributed by atoms with van der Waals surface area (Å²) in [5.41, 5.74) is 3.14. The van der Waals surface area contributed by atoms with Crippen molar-refractivity contribution in [1.29, 1.82) is 0 Å². The minimum Gasteiger partial charge on any atom is -0.456 e. The molecule has 3 rings (SSSR count). The SMILES string of the molecule is CNC(=S)NC(C)Cc1ccc2oc3ccccc3c2c1. The zero-order valence-electron chi connectivity index (χ0n) is 12.1. The van der Waals surface area contributed by atoms with E-state index in [2.05, 4.69) is 35.8 Å². The van der Waals surface area contributed by atoms with E-state index in [1.807, 2.05) is 31.3 Å². The average Bonchev–Trinajstić information content (AvgIpc) is 2.85. The smallest absolute Gasteiger partial charge is 0.166 e. The Bertz CT molecular complexity index is 794. The van der Waals surface area contributed by atoms with Gasteiger partial charge in [0.25, 0.3) is 0 Å². The van der Waals surface area contributed by atoms with Gasteiger partial charge in [0.15, 0.2) is 5.11 Å². The molecular weight excluding hydrogens is 280 g/mol. The minimum absolute atomic E-state index is 0.278. The van der Waals surface area contributed by atoms with Gasteiger partial charge >= 0.3 is 0 Å². The number of benzene rings is 2. The van der Waals surface area contributed by atoms with Crippen molar-refractivity contribution in [2.24, 2.45) is 0 Å². The Balaban J connectivity index is 1.90. The van der Waals surface area contributed by atoms with Crippen LogP contribution in [-0.4, -0.2) is 18.2 Å². The summed E-state index contributed by atoms with van der Waals surface area (Å²) in [4.78, 5) is 0. The zero-order valence-corrected chi connectivity index (χ0v) is 13.0. The zero-order chi connectivity index (χ0) is 14.8. The van der Waals surface area contributed by atoms with E-state index in [4.69, 9.17) is 16.6 Å². The lowest BCUT2D eigenvalue weighted by Crippen LogP contribution is -2.39. The number of hydrogen-bond acceptors (Lipinski definition) is 2. The summed E-state index contributed by atoms with van der Waals surface area (Å²) >= 11 is 5.14. The highest BCUT2D eigenvalue weighted by Gasteiger charge is 2.09. The Hall–Kier alpha value is -2.07. The van der Waals surface area contributed by atoms with E-state index in [0.717, 1.165) is 17.6 Å². The molecular formula is C17H18N2OS. The number of rotatable bonds is 3. The van der Waals surface area contributed by atoms with E-state index in [-0.39, 0.29) is 6.04 Å². The molecule has 2 aromatic carbocycles. The van der Waals surface area contributed by atoms with Crippen molar-refractivity contribution in [2.75, 3.05) is 7.05 Å². The maximum atomic E-state index is 5.85. The molecule has 21 heavy (non-hydrogen) atoms. The summed E-state index contributed by atoms with van der Waals surface area (Å²) in [6.07, 6.45) is 0.914. The van der Waals surface area contributed by atoms with Gasteiger partial charge in [-0.15, -0.1) is 0 Å². The number of fused-ring (bicyclic) bond motifs is 3. The van der Waals surface area contributed by atoms with Crippen LogP contribution in [-0.2, 0) is 6.42 Å². The molecule has 0 aliphatic rings. The standard InChI is InChI=1S/C17H18N2OS/c1-11(19-17(21)18-2)9-12-7-8-16-14(10-12)13-5-3-4-6-15(13)20-16/h3-8,10-11H,9H2,1-2H3,(H2,18,19,21). The summed E-state index contributed by atoms with van der Waals surface area (Å²) in [5, 5.41) is 9.21. The molecule has 0 bridgehead atoms. The van der Waals surface area contributed by atoms with Gasteiger partial charge in [0, 0.05) is 23.9 Å². The van der Waals surface area contributed by atoms with Crippen LogP contribution < -0.4 is 10.6 Å². The first-order valence-electron chi connectivity index (χ1n) is 7.06. The molecule has 1 aromatic heterocycles. The predicted molar refractivity (Wildman–Crippen MR) is 91.7 cm³/mol. The topological polar surface area (TPSA) is 37.2 Å². The van der Waals surface area contributed by atoms with Crippen LogP contribution in [0.15, 0.2) is 46.9 Å². The van der Waals surface area contributed by atoms with E-state index < -0.39 is 0 Å². The average molecular weight is 298 g/mol. The van der Waals surface area contributed by atoms with Crippen molar-refractivity contribution >= 4 is 39.3 Å². The Labute approximate surface area is 129 Å². The van der Waals surface area contributed by atoms with E-state index in [9.17, 15) is 0 Å². The first-order chi connectivity index (χ1) is 10.2. The van der Waals surface area contributed by atoms with Crippen molar-refractivity contribution < 1.29 is 4.42 Å². The second-order valence-electron chi connectivity index (χ2n) is 5.26. The van der Waals surface area contributed by atoms with Crippen LogP contribution in [0, 0.1) is 0 Å². The molecule has 0 saturated heterocycles. The third-order valence-corrected chi connectivity index (χ3v) is 3.91. The molecule has 4 heteroatoms. The second kappa shape index (κ2) is 5.74. The maximum absolute atomic E-state index is 5.85. The van der Waals surface area contributed by atoms with Crippen molar-refractivity contribution in [3.05, 3.63) is 48.0 Å². The Morgan fingerprint density at radius 1 is 1.14 bits per heavy atom. The summed E-state index contributed by atoms with van der Waals surface area (Å²) in [6.45, 7) is 2.13. The molecule has 0 fully saturated rings. The number of furan rings is 1. The minimum atomic E-state index is 0.278. The maximum Gasteiger partial charge on any atom is 0.166 e. The van der Waals surface area contributed by atoms with Crippen LogP contribution in [0.2, 0.25) is 0 Å². The third-order valence-electron chi connectivity index (χ3n) is 3.59. The fourth-order valence-corrected chi connectivity index (χ4v) is 2.80. The largest absolute Gasteiger partial charge is 0.456 e. The molecule has 0 aliphatic carbocycles. The number of hydrogen-bond donors (Lipinski definition) is 2. The first-order valence-corrected chi connectivity index (χ1v) is 7.46. The van der Waals surface area contributed by atoms with Crippen LogP contribution >= 0.6 is 12.2 Å². The van der Waals surface area contributed by atoms with Gasteiger partial charge in [0.2, 0.25) is 0 Å². The van der Waals surface area contributed by atoms with Gasteiger partial charge in [0.05, 0.1) is 0 Å². The van der Waals surface area contributed by atoms with Gasteiger partial charge < -0.3 is 15.1 Å². The van der Waals surface area contributed by atoms with E-state index >= 15 is 0 Å².